The molecule has 0 radical (unpaired) electrons. The van der Waals surface area contributed by atoms with Gasteiger partial charge in [0, 0.05) is 12.1 Å². The Morgan fingerprint density at radius 2 is 2.23 bits per heavy atom. The summed E-state index contributed by atoms with van der Waals surface area (Å²) in [4.78, 5) is 2.64. The molecule has 0 aromatic rings. The molecule has 0 aromatic carbocycles. The van der Waals surface area contributed by atoms with Crippen LogP contribution >= 0.6 is 0 Å². The Kier molecular flexibility index (Phi) is 4.74. The van der Waals surface area contributed by atoms with Gasteiger partial charge in [-0.1, -0.05) is 13.3 Å². The summed E-state index contributed by atoms with van der Waals surface area (Å²) in [5.74, 6) is 0. The van der Waals surface area contributed by atoms with Crippen LogP contribution in [-0.2, 0) is 0 Å². The molecule has 0 aliphatic carbocycles. The lowest BCUT2D eigenvalue weighted by molar-refractivity contribution is 0.137. The second-order valence-electron chi connectivity index (χ2n) is 4.25. The highest BCUT2D eigenvalue weighted by atomic mass is 15.2. The van der Waals surface area contributed by atoms with E-state index in [1.54, 1.807) is 0 Å². The molecule has 0 spiro atoms. The van der Waals surface area contributed by atoms with Crippen molar-refractivity contribution in [2.24, 2.45) is 0 Å². The molecule has 1 heterocycles. The van der Waals surface area contributed by atoms with E-state index >= 15 is 0 Å². The zero-order chi connectivity index (χ0) is 9.68. The zero-order valence-corrected chi connectivity index (χ0v) is 9.34. The molecule has 1 aliphatic rings. The van der Waals surface area contributed by atoms with Crippen LogP contribution in [0, 0.1) is 0 Å². The smallest absolute Gasteiger partial charge is 0.00910 e. The van der Waals surface area contributed by atoms with Gasteiger partial charge < -0.3 is 10.2 Å². The lowest BCUT2D eigenvalue weighted by Crippen LogP contribution is -2.46. The number of hydrogen-bond donors (Lipinski definition) is 1. The maximum absolute atomic E-state index is 3.38. The Labute approximate surface area is 82.7 Å². The molecular formula is C11H24N2. The highest BCUT2D eigenvalue weighted by Gasteiger charge is 2.23. The van der Waals surface area contributed by atoms with Gasteiger partial charge >= 0.3 is 0 Å². The molecule has 0 aromatic heterocycles. The van der Waals surface area contributed by atoms with E-state index < -0.39 is 0 Å². The molecule has 1 saturated heterocycles. The predicted octanol–water partition coefficient (Wildman–Crippen LogP) is 1.86. The van der Waals surface area contributed by atoms with Crippen LogP contribution in [0.4, 0.5) is 0 Å². The van der Waals surface area contributed by atoms with Crippen LogP contribution in [0.25, 0.3) is 0 Å². The van der Waals surface area contributed by atoms with Crippen LogP contribution in [0.1, 0.15) is 39.5 Å². The fourth-order valence-corrected chi connectivity index (χ4v) is 2.18. The minimum absolute atomic E-state index is 0.757. The monoisotopic (exact) mass is 184 g/mol. The van der Waals surface area contributed by atoms with Crippen molar-refractivity contribution in [1.29, 1.82) is 0 Å². The molecule has 2 heteroatoms. The zero-order valence-electron chi connectivity index (χ0n) is 9.34. The van der Waals surface area contributed by atoms with Crippen molar-refractivity contribution in [3.8, 4) is 0 Å². The van der Waals surface area contributed by atoms with Crippen molar-refractivity contribution >= 4 is 0 Å². The van der Waals surface area contributed by atoms with Gasteiger partial charge in [0.1, 0.15) is 0 Å². The van der Waals surface area contributed by atoms with E-state index in [4.69, 9.17) is 0 Å². The first kappa shape index (κ1) is 11.0. The van der Waals surface area contributed by atoms with Crippen molar-refractivity contribution in [2.45, 2.75) is 51.6 Å². The summed E-state index contributed by atoms with van der Waals surface area (Å²) in [5, 5.41) is 3.38. The van der Waals surface area contributed by atoms with Gasteiger partial charge in [0.2, 0.25) is 0 Å². The van der Waals surface area contributed by atoms with E-state index in [0.29, 0.717) is 0 Å². The number of nitrogens with zero attached hydrogens (tertiary/aromatic N) is 1. The molecule has 0 saturated carbocycles. The van der Waals surface area contributed by atoms with Crippen molar-refractivity contribution in [3.05, 3.63) is 0 Å². The second-order valence-corrected chi connectivity index (χ2v) is 4.25. The maximum Gasteiger partial charge on any atom is 0.00910 e. The second kappa shape index (κ2) is 5.61. The number of piperidine rings is 1. The van der Waals surface area contributed by atoms with Gasteiger partial charge in [-0.15, -0.1) is 0 Å². The van der Waals surface area contributed by atoms with Gasteiger partial charge in [0.25, 0.3) is 0 Å². The fourth-order valence-electron chi connectivity index (χ4n) is 2.18. The largest absolute Gasteiger partial charge is 0.317 e. The fraction of sp³-hybridized carbons (Fsp3) is 1.00. The molecule has 78 valence electrons. The molecule has 1 aliphatic heterocycles. The minimum atomic E-state index is 0.757. The maximum atomic E-state index is 3.38. The average Bonchev–Trinajstić information content (AvgIpc) is 2.16. The third-order valence-corrected chi connectivity index (χ3v) is 3.22. The van der Waals surface area contributed by atoms with Gasteiger partial charge in [-0.2, -0.15) is 0 Å². The van der Waals surface area contributed by atoms with E-state index in [1.165, 1.54) is 38.8 Å². The summed E-state index contributed by atoms with van der Waals surface area (Å²) >= 11 is 0. The number of rotatable bonds is 4. The van der Waals surface area contributed by atoms with Gasteiger partial charge in [-0.25, -0.2) is 0 Å². The molecule has 2 unspecified atom stereocenters. The summed E-state index contributed by atoms with van der Waals surface area (Å²) in [6.45, 7) is 7.21. The van der Waals surface area contributed by atoms with Crippen molar-refractivity contribution in [3.63, 3.8) is 0 Å². The Balaban J connectivity index is 2.26. The standard InChI is InChI=1S/C11H24N2/c1-4-5-7-13-8-6-11(12-3)9-10(13)2/h10-12H,4-9H2,1-3H3. The molecule has 1 rings (SSSR count). The first-order chi connectivity index (χ1) is 6.27. The third kappa shape index (κ3) is 3.28. The predicted molar refractivity (Wildman–Crippen MR) is 58.0 cm³/mol. The highest BCUT2D eigenvalue weighted by molar-refractivity contribution is 4.81. The van der Waals surface area contributed by atoms with E-state index in [9.17, 15) is 0 Å². The normalized spacial score (nSPS) is 30.7. The Hall–Kier alpha value is -0.0800. The quantitative estimate of drug-likeness (QED) is 0.717. The lowest BCUT2D eigenvalue weighted by atomic mass is 9.98. The topological polar surface area (TPSA) is 15.3 Å². The molecule has 0 amide bonds. The van der Waals surface area contributed by atoms with Crippen molar-refractivity contribution in [1.82, 2.24) is 10.2 Å². The Bertz CT molecular complexity index is 136. The van der Waals surface area contributed by atoms with Crippen molar-refractivity contribution in [2.75, 3.05) is 20.1 Å². The van der Waals surface area contributed by atoms with Gasteiger partial charge in [0.15, 0.2) is 0 Å². The summed E-state index contributed by atoms with van der Waals surface area (Å²) in [6, 6.07) is 1.53. The Morgan fingerprint density at radius 1 is 1.46 bits per heavy atom. The number of hydrogen-bond acceptors (Lipinski definition) is 2. The van der Waals surface area contributed by atoms with E-state index in [2.05, 4.69) is 31.1 Å². The van der Waals surface area contributed by atoms with Gasteiger partial charge in [-0.3, -0.25) is 0 Å². The SMILES string of the molecule is CCCCN1CCC(NC)CC1C. The van der Waals surface area contributed by atoms with E-state index in [0.717, 1.165) is 12.1 Å². The number of likely N-dealkylation sites (tertiary alicyclic amines) is 1. The summed E-state index contributed by atoms with van der Waals surface area (Å²) in [7, 11) is 2.08. The molecule has 2 atom stereocenters. The van der Waals surface area contributed by atoms with Crippen LogP contribution in [0.15, 0.2) is 0 Å². The summed E-state index contributed by atoms with van der Waals surface area (Å²) in [5.41, 5.74) is 0. The molecule has 2 nitrogen and oxygen atoms in total. The van der Waals surface area contributed by atoms with Crippen molar-refractivity contribution < 1.29 is 0 Å². The van der Waals surface area contributed by atoms with Crippen LogP contribution < -0.4 is 5.32 Å². The van der Waals surface area contributed by atoms with Gasteiger partial charge in [-0.05, 0) is 46.3 Å². The number of unbranched alkanes of at least 4 members (excludes halogenated alkanes) is 1. The Morgan fingerprint density at radius 3 is 2.77 bits per heavy atom. The van der Waals surface area contributed by atoms with Crippen LogP contribution in [-0.4, -0.2) is 37.1 Å². The van der Waals surface area contributed by atoms with Crippen LogP contribution in [0.5, 0.6) is 0 Å². The number of nitrogens with one attached hydrogen (secondary N) is 1. The minimum Gasteiger partial charge on any atom is -0.317 e. The van der Waals surface area contributed by atoms with Gasteiger partial charge in [0.05, 0.1) is 0 Å². The molecular weight excluding hydrogens is 160 g/mol. The summed E-state index contributed by atoms with van der Waals surface area (Å²) in [6.07, 6.45) is 5.32. The molecule has 13 heavy (non-hydrogen) atoms. The average molecular weight is 184 g/mol. The highest BCUT2D eigenvalue weighted by Crippen LogP contribution is 2.17. The first-order valence-electron chi connectivity index (χ1n) is 5.69. The molecule has 1 N–H and O–H groups in total. The van der Waals surface area contributed by atoms with Crippen LogP contribution in [0.2, 0.25) is 0 Å². The van der Waals surface area contributed by atoms with Crippen LogP contribution in [0.3, 0.4) is 0 Å². The first-order valence-corrected chi connectivity index (χ1v) is 5.69. The van der Waals surface area contributed by atoms with E-state index in [1.807, 2.05) is 0 Å². The lowest BCUT2D eigenvalue weighted by Gasteiger charge is -2.37. The molecule has 0 bridgehead atoms. The summed E-state index contributed by atoms with van der Waals surface area (Å²) < 4.78 is 0. The van der Waals surface area contributed by atoms with E-state index in [-0.39, 0.29) is 0 Å². The third-order valence-electron chi connectivity index (χ3n) is 3.22. The molecule has 1 fully saturated rings.